The molecule has 0 aliphatic carbocycles. The topological polar surface area (TPSA) is 62.3 Å². The monoisotopic (exact) mass is 373 g/mol. The minimum absolute atomic E-state index is 0.0488. The zero-order chi connectivity index (χ0) is 19.7. The summed E-state index contributed by atoms with van der Waals surface area (Å²) in [6, 6.07) is 15.7. The number of hydrogen-bond acceptors (Lipinski definition) is 3. The van der Waals surface area contributed by atoms with Crippen LogP contribution in [0.3, 0.4) is 0 Å². The Labute approximate surface area is 164 Å². The highest BCUT2D eigenvalue weighted by Crippen LogP contribution is 2.33. The van der Waals surface area contributed by atoms with Gasteiger partial charge in [-0.1, -0.05) is 36.4 Å². The predicted molar refractivity (Wildman–Crippen MR) is 110 cm³/mol. The van der Waals surface area contributed by atoms with E-state index in [1.807, 2.05) is 30.3 Å². The molecule has 28 heavy (non-hydrogen) atoms. The fourth-order valence-corrected chi connectivity index (χ4v) is 3.78. The Hall–Kier alpha value is -3.21. The molecule has 1 aliphatic rings. The van der Waals surface area contributed by atoms with Crippen LogP contribution in [0.1, 0.15) is 35.6 Å². The van der Waals surface area contributed by atoms with Crippen molar-refractivity contribution in [3.05, 3.63) is 71.4 Å². The summed E-state index contributed by atoms with van der Waals surface area (Å²) >= 11 is 0. The molecule has 4 rings (SSSR count). The number of carbonyl (C=O) groups excluding carboxylic acids is 2. The van der Waals surface area contributed by atoms with E-state index in [1.165, 1.54) is 11.1 Å². The van der Waals surface area contributed by atoms with Gasteiger partial charge in [-0.2, -0.15) is 0 Å². The number of anilines is 1. The lowest BCUT2D eigenvalue weighted by molar-refractivity contribution is -0.143. The van der Waals surface area contributed by atoms with Crippen molar-refractivity contribution in [1.29, 1.82) is 0 Å². The van der Waals surface area contributed by atoms with E-state index in [-0.39, 0.29) is 6.04 Å². The van der Waals surface area contributed by atoms with E-state index in [0.29, 0.717) is 12.2 Å². The maximum atomic E-state index is 12.8. The summed E-state index contributed by atoms with van der Waals surface area (Å²) in [4.78, 5) is 31.5. The number of nitrogens with one attached hydrogen (secondary N) is 1. The molecule has 0 saturated carbocycles. The summed E-state index contributed by atoms with van der Waals surface area (Å²) in [6.07, 6.45) is 3.35. The molecule has 0 radical (unpaired) electrons. The van der Waals surface area contributed by atoms with Gasteiger partial charge in [0, 0.05) is 11.9 Å². The third kappa shape index (κ3) is 3.48. The Kier molecular flexibility index (Phi) is 4.82. The first kappa shape index (κ1) is 18.2. The van der Waals surface area contributed by atoms with Crippen LogP contribution < -0.4 is 5.32 Å². The van der Waals surface area contributed by atoms with Crippen LogP contribution in [-0.4, -0.2) is 28.2 Å². The molecular formula is C23H23N3O2. The molecule has 2 aromatic carbocycles. The molecule has 5 nitrogen and oxygen atoms in total. The molecule has 1 fully saturated rings. The Morgan fingerprint density at radius 1 is 1.07 bits per heavy atom. The van der Waals surface area contributed by atoms with E-state index in [1.54, 1.807) is 11.1 Å². The second-order valence-electron chi connectivity index (χ2n) is 7.37. The maximum Gasteiger partial charge on any atom is 0.313 e. The molecule has 142 valence electrons. The van der Waals surface area contributed by atoms with Gasteiger partial charge in [0.1, 0.15) is 0 Å². The molecule has 0 bridgehead atoms. The maximum absolute atomic E-state index is 12.8. The quantitative estimate of drug-likeness (QED) is 0.686. The molecule has 2 amide bonds. The van der Waals surface area contributed by atoms with Gasteiger partial charge in [-0.05, 0) is 55.5 Å². The van der Waals surface area contributed by atoms with Crippen LogP contribution in [0, 0.1) is 13.8 Å². The Balaban J connectivity index is 1.51. The first-order chi connectivity index (χ1) is 13.5. The summed E-state index contributed by atoms with van der Waals surface area (Å²) in [5.41, 5.74) is 4.89. The largest absolute Gasteiger partial charge is 0.327 e. The van der Waals surface area contributed by atoms with E-state index in [0.717, 1.165) is 29.3 Å². The molecule has 1 aliphatic heterocycles. The number of pyridine rings is 1. The van der Waals surface area contributed by atoms with Crippen molar-refractivity contribution < 1.29 is 9.59 Å². The lowest BCUT2D eigenvalue weighted by Crippen LogP contribution is -2.39. The summed E-state index contributed by atoms with van der Waals surface area (Å²) in [5.74, 6) is -1.11. The number of rotatable bonds is 2. The summed E-state index contributed by atoms with van der Waals surface area (Å²) in [7, 11) is 0. The normalized spacial score (nSPS) is 16.4. The van der Waals surface area contributed by atoms with Gasteiger partial charge >= 0.3 is 11.8 Å². The average molecular weight is 373 g/mol. The average Bonchev–Trinajstić information content (AvgIpc) is 3.19. The Bertz CT molecular complexity index is 1060. The molecule has 0 spiro atoms. The van der Waals surface area contributed by atoms with Gasteiger partial charge in [0.2, 0.25) is 0 Å². The van der Waals surface area contributed by atoms with Crippen molar-refractivity contribution in [1.82, 2.24) is 9.88 Å². The minimum Gasteiger partial charge on any atom is -0.327 e. The number of amides is 2. The SMILES string of the molecule is Cc1ccc(C2CCCN2C(=O)C(=O)Nc2cnc3ccccc3c2)cc1C. The standard InChI is InChI=1S/C23H23N3O2/c1-15-9-10-18(12-16(15)2)21-8-5-11-26(21)23(28)22(27)25-19-13-17-6-3-4-7-20(17)24-14-19/h3-4,6-7,9-10,12-14,21H,5,8,11H2,1-2H3,(H,25,27). The van der Waals surface area contributed by atoms with Gasteiger partial charge in [0.25, 0.3) is 0 Å². The summed E-state index contributed by atoms with van der Waals surface area (Å²) in [6.45, 7) is 4.74. The third-order valence-corrected chi connectivity index (χ3v) is 5.47. The number of benzene rings is 2. The molecule has 5 heteroatoms. The summed E-state index contributed by atoms with van der Waals surface area (Å²) < 4.78 is 0. The van der Waals surface area contributed by atoms with Gasteiger partial charge < -0.3 is 10.2 Å². The number of para-hydroxylation sites is 1. The molecular weight excluding hydrogens is 350 g/mol. The highest BCUT2D eigenvalue weighted by Gasteiger charge is 2.33. The molecule has 2 heterocycles. The second-order valence-corrected chi connectivity index (χ2v) is 7.37. The number of aryl methyl sites for hydroxylation is 2. The smallest absolute Gasteiger partial charge is 0.313 e. The van der Waals surface area contributed by atoms with Crippen LogP contribution in [-0.2, 0) is 9.59 Å². The van der Waals surface area contributed by atoms with Crippen molar-refractivity contribution in [3.63, 3.8) is 0 Å². The van der Waals surface area contributed by atoms with E-state index >= 15 is 0 Å². The first-order valence-electron chi connectivity index (χ1n) is 9.57. The molecule has 1 N–H and O–H groups in total. The Morgan fingerprint density at radius 2 is 1.89 bits per heavy atom. The van der Waals surface area contributed by atoms with Crippen molar-refractivity contribution in [2.75, 3.05) is 11.9 Å². The van der Waals surface area contributed by atoms with E-state index in [2.05, 4.69) is 42.3 Å². The van der Waals surface area contributed by atoms with Crippen molar-refractivity contribution >= 4 is 28.4 Å². The van der Waals surface area contributed by atoms with Gasteiger partial charge in [-0.25, -0.2) is 0 Å². The lowest BCUT2D eigenvalue weighted by Gasteiger charge is -2.25. The fraction of sp³-hybridized carbons (Fsp3) is 0.261. The number of fused-ring (bicyclic) bond motifs is 1. The van der Waals surface area contributed by atoms with Crippen molar-refractivity contribution in [3.8, 4) is 0 Å². The van der Waals surface area contributed by atoms with Crippen LogP contribution in [0.25, 0.3) is 10.9 Å². The van der Waals surface area contributed by atoms with Crippen LogP contribution >= 0.6 is 0 Å². The number of aromatic nitrogens is 1. The first-order valence-corrected chi connectivity index (χ1v) is 9.57. The Morgan fingerprint density at radius 3 is 2.71 bits per heavy atom. The number of hydrogen-bond donors (Lipinski definition) is 1. The van der Waals surface area contributed by atoms with Crippen molar-refractivity contribution in [2.24, 2.45) is 0 Å². The second kappa shape index (κ2) is 7.43. The van der Waals surface area contributed by atoms with E-state index in [4.69, 9.17) is 0 Å². The van der Waals surface area contributed by atoms with E-state index < -0.39 is 11.8 Å². The third-order valence-electron chi connectivity index (χ3n) is 5.47. The molecule has 1 unspecified atom stereocenters. The number of likely N-dealkylation sites (tertiary alicyclic amines) is 1. The predicted octanol–water partition coefficient (Wildman–Crippen LogP) is 4.15. The van der Waals surface area contributed by atoms with Crippen LogP contribution in [0.4, 0.5) is 5.69 Å². The number of carbonyl (C=O) groups is 2. The van der Waals surface area contributed by atoms with Gasteiger partial charge in [0.05, 0.1) is 23.4 Å². The summed E-state index contributed by atoms with van der Waals surface area (Å²) in [5, 5.41) is 3.63. The van der Waals surface area contributed by atoms with Crippen molar-refractivity contribution in [2.45, 2.75) is 32.7 Å². The minimum atomic E-state index is -0.618. The highest BCUT2D eigenvalue weighted by atomic mass is 16.2. The van der Waals surface area contributed by atoms with Crippen LogP contribution in [0.2, 0.25) is 0 Å². The zero-order valence-corrected chi connectivity index (χ0v) is 16.1. The molecule has 1 atom stereocenters. The lowest BCUT2D eigenvalue weighted by atomic mass is 9.99. The fourth-order valence-electron chi connectivity index (χ4n) is 3.78. The van der Waals surface area contributed by atoms with Gasteiger partial charge in [-0.15, -0.1) is 0 Å². The molecule has 3 aromatic rings. The van der Waals surface area contributed by atoms with Crippen LogP contribution in [0.5, 0.6) is 0 Å². The molecule has 1 aromatic heterocycles. The van der Waals surface area contributed by atoms with E-state index in [9.17, 15) is 9.59 Å². The highest BCUT2D eigenvalue weighted by molar-refractivity contribution is 6.39. The van der Waals surface area contributed by atoms with Gasteiger partial charge in [0.15, 0.2) is 0 Å². The zero-order valence-electron chi connectivity index (χ0n) is 16.1. The molecule has 1 saturated heterocycles. The van der Waals surface area contributed by atoms with Crippen LogP contribution in [0.15, 0.2) is 54.7 Å². The number of nitrogens with zero attached hydrogens (tertiary/aromatic N) is 2. The van der Waals surface area contributed by atoms with Gasteiger partial charge in [-0.3, -0.25) is 14.6 Å².